The van der Waals surface area contributed by atoms with Gasteiger partial charge in [0.05, 0.1) is 0 Å². The van der Waals surface area contributed by atoms with Crippen molar-refractivity contribution in [3.8, 4) is 0 Å². The summed E-state index contributed by atoms with van der Waals surface area (Å²) in [5, 5.41) is 0. The first-order valence-electron chi connectivity index (χ1n) is 6.01. The summed E-state index contributed by atoms with van der Waals surface area (Å²) in [5.41, 5.74) is 8.75. The summed E-state index contributed by atoms with van der Waals surface area (Å²) in [5.74, 6) is 0.589. The predicted molar refractivity (Wildman–Crippen MR) is 74.6 cm³/mol. The fourth-order valence-electron chi connectivity index (χ4n) is 1.74. The van der Waals surface area contributed by atoms with E-state index >= 15 is 0 Å². The van der Waals surface area contributed by atoms with E-state index in [0.717, 1.165) is 12.8 Å². The molecule has 1 aromatic carbocycles. The van der Waals surface area contributed by atoms with Crippen molar-refractivity contribution in [1.82, 2.24) is 0 Å². The summed E-state index contributed by atoms with van der Waals surface area (Å²) in [6.07, 6.45) is 3.43. The lowest BCUT2D eigenvalue weighted by molar-refractivity contribution is 0.452. The second-order valence-electron chi connectivity index (χ2n) is 4.88. The number of halogens is 1. The average molecular weight is 284 g/mol. The molecule has 0 aliphatic carbocycles. The SMILES string of the molecule is Cc1cc(CCCC(N)C(C)C)ccc1Br. The Morgan fingerprint density at radius 3 is 2.56 bits per heavy atom. The van der Waals surface area contributed by atoms with E-state index in [1.807, 2.05) is 0 Å². The van der Waals surface area contributed by atoms with Crippen LogP contribution in [-0.4, -0.2) is 6.04 Å². The van der Waals surface area contributed by atoms with Gasteiger partial charge in [-0.3, -0.25) is 0 Å². The molecule has 1 nitrogen and oxygen atoms in total. The summed E-state index contributed by atoms with van der Waals surface area (Å²) in [7, 11) is 0. The summed E-state index contributed by atoms with van der Waals surface area (Å²) in [6, 6.07) is 6.92. The van der Waals surface area contributed by atoms with Crippen LogP contribution in [0.5, 0.6) is 0 Å². The minimum atomic E-state index is 0.344. The molecule has 1 atom stereocenters. The van der Waals surface area contributed by atoms with Crippen molar-refractivity contribution in [2.75, 3.05) is 0 Å². The Kier molecular flexibility index (Phi) is 5.50. The third kappa shape index (κ3) is 4.26. The van der Waals surface area contributed by atoms with E-state index < -0.39 is 0 Å². The van der Waals surface area contributed by atoms with Gasteiger partial charge in [-0.15, -0.1) is 0 Å². The maximum atomic E-state index is 6.03. The third-order valence-electron chi connectivity index (χ3n) is 3.08. The maximum Gasteiger partial charge on any atom is 0.0204 e. The van der Waals surface area contributed by atoms with Crippen molar-refractivity contribution in [3.63, 3.8) is 0 Å². The molecule has 16 heavy (non-hydrogen) atoms. The minimum Gasteiger partial charge on any atom is -0.327 e. The topological polar surface area (TPSA) is 26.0 Å². The van der Waals surface area contributed by atoms with Crippen LogP contribution in [0.2, 0.25) is 0 Å². The normalized spacial score (nSPS) is 13.1. The van der Waals surface area contributed by atoms with Gasteiger partial charge in [-0.05, 0) is 49.3 Å². The van der Waals surface area contributed by atoms with Crippen molar-refractivity contribution < 1.29 is 0 Å². The average Bonchev–Trinajstić information content (AvgIpc) is 2.23. The lowest BCUT2D eigenvalue weighted by Crippen LogP contribution is -2.26. The van der Waals surface area contributed by atoms with E-state index in [4.69, 9.17) is 5.73 Å². The van der Waals surface area contributed by atoms with E-state index in [9.17, 15) is 0 Å². The van der Waals surface area contributed by atoms with Gasteiger partial charge in [-0.2, -0.15) is 0 Å². The molecule has 0 radical (unpaired) electrons. The number of aryl methyl sites for hydroxylation is 2. The first kappa shape index (κ1) is 13.7. The van der Waals surface area contributed by atoms with Crippen LogP contribution < -0.4 is 5.73 Å². The van der Waals surface area contributed by atoms with Crippen LogP contribution in [-0.2, 0) is 6.42 Å². The number of rotatable bonds is 5. The van der Waals surface area contributed by atoms with Crippen LogP contribution in [0.25, 0.3) is 0 Å². The fourth-order valence-corrected chi connectivity index (χ4v) is 1.98. The zero-order valence-electron chi connectivity index (χ0n) is 10.5. The Morgan fingerprint density at radius 2 is 2.00 bits per heavy atom. The molecule has 1 aromatic rings. The molecule has 1 unspecified atom stereocenters. The summed E-state index contributed by atoms with van der Waals surface area (Å²) in [6.45, 7) is 6.51. The quantitative estimate of drug-likeness (QED) is 0.866. The Labute approximate surface area is 108 Å². The molecule has 90 valence electrons. The Balaban J connectivity index is 2.40. The van der Waals surface area contributed by atoms with Gasteiger partial charge >= 0.3 is 0 Å². The van der Waals surface area contributed by atoms with Crippen molar-refractivity contribution in [3.05, 3.63) is 33.8 Å². The molecule has 0 aromatic heterocycles. The van der Waals surface area contributed by atoms with Crippen LogP contribution in [0, 0.1) is 12.8 Å². The molecule has 0 fully saturated rings. The molecule has 0 heterocycles. The highest BCUT2D eigenvalue weighted by Gasteiger charge is 2.07. The van der Waals surface area contributed by atoms with Gasteiger partial charge < -0.3 is 5.73 Å². The van der Waals surface area contributed by atoms with Crippen LogP contribution in [0.3, 0.4) is 0 Å². The van der Waals surface area contributed by atoms with Crippen LogP contribution in [0.1, 0.15) is 37.8 Å². The Bertz CT molecular complexity index is 334. The van der Waals surface area contributed by atoms with Gasteiger partial charge in [0.15, 0.2) is 0 Å². The summed E-state index contributed by atoms with van der Waals surface area (Å²) < 4.78 is 1.19. The van der Waals surface area contributed by atoms with Crippen LogP contribution >= 0.6 is 15.9 Å². The van der Waals surface area contributed by atoms with E-state index in [-0.39, 0.29) is 0 Å². The van der Waals surface area contributed by atoms with Gasteiger partial charge in [-0.25, -0.2) is 0 Å². The number of nitrogens with two attached hydrogens (primary N) is 1. The van der Waals surface area contributed by atoms with Crippen LogP contribution in [0.15, 0.2) is 22.7 Å². The van der Waals surface area contributed by atoms with Gasteiger partial charge in [0, 0.05) is 10.5 Å². The highest BCUT2D eigenvalue weighted by atomic mass is 79.9. The van der Waals surface area contributed by atoms with Gasteiger partial charge in [0.25, 0.3) is 0 Å². The van der Waals surface area contributed by atoms with Crippen molar-refractivity contribution in [1.29, 1.82) is 0 Å². The third-order valence-corrected chi connectivity index (χ3v) is 3.97. The smallest absolute Gasteiger partial charge is 0.0204 e. The second-order valence-corrected chi connectivity index (χ2v) is 5.74. The number of benzene rings is 1. The highest BCUT2D eigenvalue weighted by Crippen LogP contribution is 2.18. The Hall–Kier alpha value is -0.340. The predicted octanol–water partition coefficient (Wildman–Crippen LogP) is 4.06. The van der Waals surface area contributed by atoms with Crippen molar-refractivity contribution >= 4 is 15.9 Å². The first-order valence-corrected chi connectivity index (χ1v) is 6.80. The summed E-state index contributed by atoms with van der Waals surface area (Å²) >= 11 is 3.52. The molecule has 2 heteroatoms. The molecule has 0 aliphatic rings. The zero-order valence-corrected chi connectivity index (χ0v) is 12.0. The zero-order chi connectivity index (χ0) is 12.1. The van der Waals surface area contributed by atoms with Gasteiger partial charge in [0.1, 0.15) is 0 Å². The van der Waals surface area contributed by atoms with E-state index in [1.165, 1.54) is 22.0 Å². The fraction of sp³-hybridized carbons (Fsp3) is 0.571. The molecular formula is C14H22BrN. The first-order chi connectivity index (χ1) is 7.50. The molecule has 0 saturated carbocycles. The lowest BCUT2D eigenvalue weighted by atomic mass is 9.97. The summed E-state index contributed by atoms with van der Waals surface area (Å²) in [4.78, 5) is 0. The number of hydrogen-bond donors (Lipinski definition) is 1. The van der Waals surface area contributed by atoms with E-state index in [1.54, 1.807) is 0 Å². The van der Waals surface area contributed by atoms with E-state index in [2.05, 4.69) is 54.9 Å². The van der Waals surface area contributed by atoms with E-state index in [0.29, 0.717) is 12.0 Å². The second kappa shape index (κ2) is 6.41. The Morgan fingerprint density at radius 1 is 1.31 bits per heavy atom. The molecular weight excluding hydrogens is 262 g/mol. The van der Waals surface area contributed by atoms with Crippen LogP contribution in [0.4, 0.5) is 0 Å². The van der Waals surface area contributed by atoms with Gasteiger partial charge in [0.2, 0.25) is 0 Å². The molecule has 1 rings (SSSR count). The number of hydrogen-bond acceptors (Lipinski definition) is 1. The van der Waals surface area contributed by atoms with Gasteiger partial charge in [-0.1, -0.05) is 41.9 Å². The highest BCUT2D eigenvalue weighted by molar-refractivity contribution is 9.10. The standard InChI is InChI=1S/C14H22BrN/c1-10(2)14(16)6-4-5-12-7-8-13(15)11(3)9-12/h7-10,14H,4-6,16H2,1-3H3. The maximum absolute atomic E-state index is 6.03. The molecule has 0 amide bonds. The minimum absolute atomic E-state index is 0.344. The van der Waals surface area contributed by atoms with Crippen molar-refractivity contribution in [2.45, 2.75) is 46.1 Å². The van der Waals surface area contributed by atoms with Crippen molar-refractivity contribution in [2.24, 2.45) is 11.7 Å². The largest absolute Gasteiger partial charge is 0.327 e. The molecule has 0 bridgehead atoms. The lowest BCUT2D eigenvalue weighted by Gasteiger charge is -2.15. The molecule has 0 aliphatic heterocycles. The monoisotopic (exact) mass is 283 g/mol. The molecule has 0 spiro atoms. The molecule has 2 N–H and O–H groups in total. The molecule has 0 saturated heterocycles.